The van der Waals surface area contributed by atoms with Crippen LogP contribution >= 0.6 is 11.3 Å². The van der Waals surface area contributed by atoms with Crippen molar-refractivity contribution in [3.05, 3.63) is 38.9 Å². The molecule has 112 valence electrons. The van der Waals surface area contributed by atoms with E-state index >= 15 is 0 Å². The van der Waals surface area contributed by atoms with Crippen LogP contribution in [-0.2, 0) is 6.54 Å². The van der Waals surface area contributed by atoms with Crippen LogP contribution in [0.15, 0.2) is 12.1 Å². The molecule has 0 aliphatic rings. The normalized spacial score (nSPS) is 11.1. The van der Waals surface area contributed by atoms with Gasteiger partial charge in [-0.25, -0.2) is 8.78 Å². The standard InChI is InChI=1S/C12H12F2N4O2S/c1-6(2)15-5-11-16-17-12(21-11)7-3-8(13)9(14)4-10(7)18(19)20/h3-4,6,15H,5H2,1-2H3. The Morgan fingerprint density at radius 3 is 2.62 bits per heavy atom. The number of nitro groups is 1. The average molecular weight is 314 g/mol. The Balaban J connectivity index is 2.37. The molecule has 1 aromatic carbocycles. The fraction of sp³-hybridized carbons (Fsp3) is 0.333. The molecule has 1 heterocycles. The maximum absolute atomic E-state index is 13.3. The van der Waals surface area contributed by atoms with Crippen molar-refractivity contribution in [3.63, 3.8) is 0 Å². The summed E-state index contributed by atoms with van der Waals surface area (Å²) >= 11 is 1.10. The summed E-state index contributed by atoms with van der Waals surface area (Å²) in [6, 6.07) is 1.57. The monoisotopic (exact) mass is 314 g/mol. The van der Waals surface area contributed by atoms with Gasteiger partial charge in [0, 0.05) is 12.6 Å². The van der Waals surface area contributed by atoms with Gasteiger partial charge in [-0.05, 0) is 6.07 Å². The second-order valence-electron chi connectivity index (χ2n) is 4.58. The zero-order valence-electron chi connectivity index (χ0n) is 11.3. The molecule has 0 atom stereocenters. The Morgan fingerprint density at radius 2 is 2.00 bits per heavy atom. The van der Waals surface area contributed by atoms with E-state index in [0.29, 0.717) is 17.6 Å². The topological polar surface area (TPSA) is 81.0 Å². The molecule has 6 nitrogen and oxygen atoms in total. The molecular weight excluding hydrogens is 302 g/mol. The van der Waals surface area contributed by atoms with Crippen LogP contribution in [0.2, 0.25) is 0 Å². The van der Waals surface area contributed by atoms with E-state index < -0.39 is 22.2 Å². The molecule has 21 heavy (non-hydrogen) atoms. The van der Waals surface area contributed by atoms with Crippen LogP contribution in [-0.4, -0.2) is 21.2 Å². The zero-order valence-corrected chi connectivity index (χ0v) is 12.1. The van der Waals surface area contributed by atoms with Gasteiger partial charge in [0.05, 0.1) is 16.6 Å². The highest BCUT2D eigenvalue weighted by atomic mass is 32.1. The fourth-order valence-corrected chi connectivity index (χ4v) is 2.40. The largest absolute Gasteiger partial charge is 0.308 e. The highest BCUT2D eigenvalue weighted by Gasteiger charge is 2.22. The molecule has 1 aromatic heterocycles. The van der Waals surface area contributed by atoms with Crippen molar-refractivity contribution < 1.29 is 13.7 Å². The van der Waals surface area contributed by atoms with E-state index in [2.05, 4.69) is 15.5 Å². The molecule has 0 saturated carbocycles. The summed E-state index contributed by atoms with van der Waals surface area (Å²) in [5, 5.41) is 22.6. The summed E-state index contributed by atoms with van der Waals surface area (Å²) in [4.78, 5) is 10.2. The van der Waals surface area contributed by atoms with Crippen LogP contribution in [0.25, 0.3) is 10.6 Å². The number of benzene rings is 1. The lowest BCUT2D eigenvalue weighted by Crippen LogP contribution is -2.21. The molecule has 0 aliphatic heterocycles. The third kappa shape index (κ3) is 3.56. The summed E-state index contributed by atoms with van der Waals surface area (Å²) < 4.78 is 26.4. The van der Waals surface area contributed by atoms with Crippen molar-refractivity contribution in [3.8, 4) is 10.6 Å². The van der Waals surface area contributed by atoms with E-state index in [9.17, 15) is 18.9 Å². The van der Waals surface area contributed by atoms with E-state index in [4.69, 9.17) is 0 Å². The van der Waals surface area contributed by atoms with Gasteiger partial charge in [-0.3, -0.25) is 10.1 Å². The molecule has 2 rings (SSSR count). The van der Waals surface area contributed by atoms with E-state index in [0.717, 1.165) is 17.4 Å². The summed E-state index contributed by atoms with van der Waals surface area (Å²) in [5.41, 5.74) is -0.611. The molecule has 9 heteroatoms. The molecule has 1 N–H and O–H groups in total. The summed E-state index contributed by atoms with van der Waals surface area (Å²) in [7, 11) is 0. The molecule has 0 bridgehead atoms. The molecular formula is C12H12F2N4O2S. The van der Waals surface area contributed by atoms with Gasteiger partial charge in [0.15, 0.2) is 16.6 Å². The number of hydrogen-bond acceptors (Lipinski definition) is 6. The van der Waals surface area contributed by atoms with Gasteiger partial charge in [-0.2, -0.15) is 0 Å². The Kier molecular flexibility index (Phi) is 4.53. The van der Waals surface area contributed by atoms with Gasteiger partial charge in [0.25, 0.3) is 5.69 Å². The van der Waals surface area contributed by atoms with E-state index in [-0.39, 0.29) is 16.6 Å². The smallest absolute Gasteiger partial charge is 0.282 e. The first kappa shape index (κ1) is 15.4. The molecule has 0 radical (unpaired) electrons. The van der Waals surface area contributed by atoms with Gasteiger partial charge >= 0.3 is 0 Å². The minimum atomic E-state index is -1.27. The number of aromatic nitrogens is 2. The quantitative estimate of drug-likeness (QED) is 0.678. The van der Waals surface area contributed by atoms with Crippen LogP contribution in [0.3, 0.4) is 0 Å². The highest BCUT2D eigenvalue weighted by molar-refractivity contribution is 7.14. The number of hydrogen-bond donors (Lipinski definition) is 1. The van der Waals surface area contributed by atoms with E-state index in [1.165, 1.54) is 0 Å². The summed E-state index contributed by atoms with van der Waals surface area (Å²) in [6.45, 7) is 4.37. The first-order chi connectivity index (χ1) is 9.88. The van der Waals surface area contributed by atoms with E-state index in [1.807, 2.05) is 13.8 Å². The highest BCUT2D eigenvalue weighted by Crippen LogP contribution is 2.33. The van der Waals surface area contributed by atoms with Crippen molar-refractivity contribution in [2.75, 3.05) is 0 Å². The number of nitrogens with zero attached hydrogens (tertiary/aromatic N) is 3. The lowest BCUT2D eigenvalue weighted by Gasteiger charge is -2.03. The van der Waals surface area contributed by atoms with Gasteiger partial charge < -0.3 is 5.32 Å². The van der Waals surface area contributed by atoms with Crippen molar-refractivity contribution in [2.45, 2.75) is 26.4 Å². The van der Waals surface area contributed by atoms with Crippen molar-refractivity contribution in [1.29, 1.82) is 0 Å². The number of rotatable bonds is 5. The van der Waals surface area contributed by atoms with Crippen LogP contribution in [0.5, 0.6) is 0 Å². The van der Waals surface area contributed by atoms with Gasteiger partial charge in [-0.15, -0.1) is 10.2 Å². The third-order valence-corrected chi connectivity index (χ3v) is 3.55. The average Bonchev–Trinajstić information content (AvgIpc) is 2.87. The fourth-order valence-electron chi connectivity index (χ4n) is 1.58. The van der Waals surface area contributed by atoms with Crippen molar-refractivity contribution in [1.82, 2.24) is 15.5 Å². The second kappa shape index (κ2) is 6.19. The molecule has 0 spiro atoms. The second-order valence-corrected chi connectivity index (χ2v) is 5.64. The summed E-state index contributed by atoms with van der Waals surface area (Å²) in [6.07, 6.45) is 0. The minimum Gasteiger partial charge on any atom is -0.308 e. The van der Waals surface area contributed by atoms with Crippen LogP contribution in [0.4, 0.5) is 14.5 Å². The zero-order chi connectivity index (χ0) is 15.6. The Labute approximate surface area is 123 Å². The first-order valence-corrected chi connectivity index (χ1v) is 6.89. The Bertz CT molecular complexity index is 675. The predicted octanol–water partition coefficient (Wildman–Crippen LogP) is 2.89. The van der Waals surface area contributed by atoms with Crippen molar-refractivity contribution >= 4 is 17.0 Å². The third-order valence-electron chi connectivity index (χ3n) is 2.59. The Morgan fingerprint density at radius 1 is 1.33 bits per heavy atom. The predicted molar refractivity (Wildman–Crippen MR) is 73.9 cm³/mol. The molecule has 0 fully saturated rings. The molecule has 0 saturated heterocycles. The molecule has 2 aromatic rings. The number of nitrogens with one attached hydrogen (secondary N) is 1. The molecule has 0 aliphatic carbocycles. The van der Waals surface area contributed by atoms with Gasteiger partial charge in [-0.1, -0.05) is 25.2 Å². The number of halogens is 2. The molecule has 0 unspecified atom stereocenters. The van der Waals surface area contributed by atoms with Crippen LogP contribution in [0, 0.1) is 21.7 Å². The summed E-state index contributed by atoms with van der Waals surface area (Å²) in [5.74, 6) is -2.43. The number of nitro benzene ring substituents is 1. The van der Waals surface area contributed by atoms with Gasteiger partial charge in [0.1, 0.15) is 5.01 Å². The van der Waals surface area contributed by atoms with Crippen LogP contribution < -0.4 is 5.32 Å². The molecule has 0 amide bonds. The maximum Gasteiger partial charge on any atom is 0.282 e. The van der Waals surface area contributed by atoms with Crippen LogP contribution in [0.1, 0.15) is 18.9 Å². The van der Waals surface area contributed by atoms with E-state index in [1.54, 1.807) is 0 Å². The lowest BCUT2D eigenvalue weighted by molar-refractivity contribution is -0.384. The minimum absolute atomic E-state index is 0.0767. The maximum atomic E-state index is 13.3. The Hall–Kier alpha value is -2.00. The lowest BCUT2D eigenvalue weighted by atomic mass is 10.2. The van der Waals surface area contributed by atoms with Crippen molar-refractivity contribution in [2.24, 2.45) is 0 Å². The first-order valence-electron chi connectivity index (χ1n) is 6.08. The SMILES string of the molecule is CC(C)NCc1nnc(-c2cc(F)c(F)cc2[N+](=O)[O-])s1. The van der Waals surface area contributed by atoms with Gasteiger partial charge in [0.2, 0.25) is 0 Å².